The Labute approximate surface area is 126 Å². The van der Waals surface area contributed by atoms with Crippen LogP contribution in [0, 0.1) is 5.92 Å². The number of carbonyl (C=O) groups excluding carboxylic acids is 1. The van der Waals surface area contributed by atoms with E-state index >= 15 is 0 Å². The van der Waals surface area contributed by atoms with Crippen LogP contribution >= 0.6 is 22.7 Å². The second kappa shape index (κ2) is 6.97. The average molecular weight is 310 g/mol. The highest BCUT2D eigenvalue weighted by Crippen LogP contribution is 2.27. The number of nitrogens with one attached hydrogen (secondary N) is 1. The molecule has 0 fully saturated rings. The molecule has 2 unspecified atom stereocenters. The number of thiophene rings is 1. The minimum Gasteiger partial charge on any atom is -0.396 e. The fourth-order valence-corrected chi connectivity index (χ4v) is 3.31. The largest absolute Gasteiger partial charge is 0.396 e. The van der Waals surface area contributed by atoms with Crippen LogP contribution in [0.2, 0.25) is 0 Å². The quantitative estimate of drug-likeness (QED) is 0.862. The Morgan fingerprint density at radius 1 is 1.45 bits per heavy atom. The van der Waals surface area contributed by atoms with Gasteiger partial charge in [0.1, 0.15) is 5.01 Å². The van der Waals surface area contributed by atoms with E-state index in [9.17, 15) is 4.79 Å². The second-order valence-corrected chi connectivity index (χ2v) is 6.62. The summed E-state index contributed by atoms with van der Waals surface area (Å²) in [5, 5.41) is 16.8. The zero-order valence-corrected chi connectivity index (χ0v) is 13.1. The van der Waals surface area contributed by atoms with Crippen LogP contribution in [-0.4, -0.2) is 28.6 Å². The first kappa shape index (κ1) is 15.2. The molecule has 4 nitrogen and oxygen atoms in total. The Morgan fingerprint density at radius 3 is 2.90 bits per heavy atom. The molecule has 2 atom stereocenters. The van der Waals surface area contributed by atoms with Crippen LogP contribution in [0.15, 0.2) is 22.9 Å². The molecular formula is C14H18N2O2S2. The molecule has 2 N–H and O–H groups in total. The molecule has 2 aromatic heterocycles. The number of nitrogens with zero attached hydrogens (tertiary/aromatic N) is 1. The lowest BCUT2D eigenvalue weighted by Crippen LogP contribution is -2.39. The number of hydrogen-bond acceptors (Lipinski definition) is 5. The molecule has 0 bridgehead atoms. The fourth-order valence-electron chi connectivity index (χ4n) is 1.67. The van der Waals surface area contributed by atoms with Crippen molar-refractivity contribution in [3.05, 3.63) is 28.6 Å². The number of rotatable bonds is 6. The number of carbonyl (C=O) groups is 1. The maximum absolute atomic E-state index is 11.9. The molecule has 0 spiro atoms. The normalized spacial score (nSPS) is 13.9. The van der Waals surface area contributed by atoms with Crippen LogP contribution in [0.5, 0.6) is 0 Å². The molecule has 20 heavy (non-hydrogen) atoms. The lowest BCUT2D eigenvalue weighted by atomic mass is 10.1. The fraction of sp³-hybridized carbons (Fsp3) is 0.429. The Morgan fingerprint density at radius 2 is 2.25 bits per heavy atom. The molecule has 2 rings (SSSR count). The molecule has 0 aliphatic rings. The van der Waals surface area contributed by atoms with Crippen LogP contribution in [0.4, 0.5) is 0 Å². The van der Waals surface area contributed by atoms with E-state index in [4.69, 9.17) is 5.11 Å². The highest BCUT2D eigenvalue weighted by atomic mass is 32.1. The van der Waals surface area contributed by atoms with Crippen molar-refractivity contribution in [1.82, 2.24) is 10.3 Å². The molecule has 0 radical (unpaired) electrons. The van der Waals surface area contributed by atoms with Crippen molar-refractivity contribution >= 4 is 28.6 Å². The van der Waals surface area contributed by atoms with Gasteiger partial charge in [0.15, 0.2) is 0 Å². The monoisotopic (exact) mass is 310 g/mol. The predicted octanol–water partition coefficient (Wildman–Crippen LogP) is 2.55. The molecule has 0 saturated carbocycles. The van der Waals surface area contributed by atoms with Gasteiger partial charge in [-0.2, -0.15) is 0 Å². The third-order valence-electron chi connectivity index (χ3n) is 3.16. The van der Waals surface area contributed by atoms with E-state index in [-0.39, 0.29) is 30.9 Å². The smallest absolute Gasteiger partial charge is 0.226 e. The zero-order valence-electron chi connectivity index (χ0n) is 11.5. The average Bonchev–Trinajstić information content (AvgIpc) is 3.07. The van der Waals surface area contributed by atoms with Crippen molar-refractivity contribution in [2.45, 2.75) is 26.3 Å². The maximum atomic E-state index is 11.9. The van der Waals surface area contributed by atoms with Crippen molar-refractivity contribution in [2.24, 2.45) is 5.92 Å². The summed E-state index contributed by atoms with van der Waals surface area (Å²) in [5.41, 5.74) is 0.791. The Balaban J connectivity index is 1.92. The van der Waals surface area contributed by atoms with Gasteiger partial charge in [-0.05, 0) is 24.3 Å². The van der Waals surface area contributed by atoms with Gasteiger partial charge in [-0.3, -0.25) is 4.79 Å². The van der Waals surface area contributed by atoms with Crippen molar-refractivity contribution < 1.29 is 9.90 Å². The molecule has 1 amide bonds. The van der Waals surface area contributed by atoms with E-state index in [0.717, 1.165) is 15.6 Å². The Hall–Kier alpha value is -1.24. The SMILES string of the molecule is CC(CO)C(C)NC(=O)Cc1csc(-c2cccs2)n1. The number of aliphatic hydroxyl groups is 1. The molecule has 108 valence electrons. The number of amides is 1. The number of aliphatic hydroxyl groups excluding tert-OH is 1. The minimum atomic E-state index is -0.0548. The van der Waals surface area contributed by atoms with Gasteiger partial charge in [0.05, 0.1) is 17.0 Å². The molecule has 2 aromatic rings. The third kappa shape index (κ3) is 3.88. The van der Waals surface area contributed by atoms with E-state index in [0.29, 0.717) is 0 Å². The molecule has 0 aliphatic heterocycles. The Bertz CT molecular complexity index is 551. The zero-order chi connectivity index (χ0) is 14.5. The summed E-state index contributed by atoms with van der Waals surface area (Å²) in [4.78, 5) is 17.5. The number of aromatic nitrogens is 1. The summed E-state index contributed by atoms with van der Waals surface area (Å²) in [5.74, 6) is -0.00288. The minimum absolute atomic E-state index is 0.0390. The summed E-state index contributed by atoms with van der Waals surface area (Å²) < 4.78 is 0. The standard InChI is InChI=1S/C14H18N2O2S2/c1-9(7-17)10(2)15-13(18)6-11-8-20-14(16-11)12-4-3-5-19-12/h3-5,8-10,17H,6-7H2,1-2H3,(H,15,18). The van der Waals surface area contributed by atoms with Crippen molar-refractivity contribution in [3.8, 4) is 9.88 Å². The molecule has 0 aliphatic carbocycles. The van der Waals surface area contributed by atoms with Crippen molar-refractivity contribution in [1.29, 1.82) is 0 Å². The summed E-state index contributed by atoms with van der Waals surface area (Å²) in [6.45, 7) is 3.88. The topological polar surface area (TPSA) is 62.2 Å². The van der Waals surface area contributed by atoms with Crippen LogP contribution in [-0.2, 0) is 11.2 Å². The number of hydrogen-bond donors (Lipinski definition) is 2. The van der Waals surface area contributed by atoms with Crippen LogP contribution in [0.25, 0.3) is 9.88 Å². The van der Waals surface area contributed by atoms with Crippen LogP contribution in [0.3, 0.4) is 0 Å². The van der Waals surface area contributed by atoms with Gasteiger partial charge < -0.3 is 10.4 Å². The third-order valence-corrected chi connectivity index (χ3v) is 5.09. The predicted molar refractivity (Wildman–Crippen MR) is 83.0 cm³/mol. The van der Waals surface area contributed by atoms with Gasteiger partial charge in [-0.1, -0.05) is 13.0 Å². The first-order valence-electron chi connectivity index (χ1n) is 6.48. The molecular weight excluding hydrogens is 292 g/mol. The highest BCUT2D eigenvalue weighted by molar-refractivity contribution is 7.20. The van der Waals surface area contributed by atoms with Gasteiger partial charge >= 0.3 is 0 Å². The maximum Gasteiger partial charge on any atom is 0.226 e. The van der Waals surface area contributed by atoms with E-state index in [1.165, 1.54) is 0 Å². The summed E-state index contributed by atoms with van der Waals surface area (Å²) >= 11 is 3.20. The van der Waals surface area contributed by atoms with Gasteiger partial charge in [0.25, 0.3) is 0 Å². The van der Waals surface area contributed by atoms with E-state index in [1.54, 1.807) is 22.7 Å². The Kier molecular flexibility index (Phi) is 5.28. The molecule has 6 heteroatoms. The molecule has 0 aromatic carbocycles. The second-order valence-electron chi connectivity index (χ2n) is 4.81. The lowest BCUT2D eigenvalue weighted by molar-refractivity contribution is -0.121. The molecule has 2 heterocycles. The summed E-state index contributed by atoms with van der Waals surface area (Å²) in [6.07, 6.45) is 0.282. The highest BCUT2D eigenvalue weighted by Gasteiger charge is 2.15. The van der Waals surface area contributed by atoms with E-state index in [1.807, 2.05) is 36.7 Å². The summed E-state index contributed by atoms with van der Waals surface area (Å²) in [7, 11) is 0. The van der Waals surface area contributed by atoms with Crippen molar-refractivity contribution in [3.63, 3.8) is 0 Å². The van der Waals surface area contributed by atoms with E-state index in [2.05, 4.69) is 10.3 Å². The lowest BCUT2D eigenvalue weighted by Gasteiger charge is -2.18. The van der Waals surface area contributed by atoms with Crippen LogP contribution in [0.1, 0.15) is 19.5 Å². The first-order valence-corrected chi connectivity index (χ1v) is 8.24. The van der Waals surface area contributed by atoms with Gasteiger partial charge in [0.2, 0.25) is 5.91 Å². The van der Waals surface area contributed by atoms with Crippen molar-refractivity contribution in [2.75, 3.05) is 6.61 Å². The van der Waals surface area contributed by atoms with Gasteiger partial charge in [-0.25, -0.2) is 4.98 Å². The summed E-state index contributed by atoms with van der Waals surface area (Å²) in [6, 6.07) is 3.98. The van der Waals surface area contributed by atoms with E-state index < -0.39 is 0 Å². The number of thiazole rings is 1. The van der Waals surface area contributed by atoms with Gasteiger partial charge in [0, 0.05) is 18.0 Å². The van der Waals surface area contributed by atoms with Crippen LogP contribution < -0.4 is 5.32 Å². The van der Waals surface area contributed by atoms with Gasteiger partial charge in [-0.15, -0.1) is 22.7 Å². The first-order chi connectivity index (χ1) is 9.60. The molecule has 0 saturated heterocycles.